The van der Waals surface area contributed by atoms with Crippen molar-refractivity contribution in [1.29, 1.82) is 0 Å². The third-order valence-electron chi connectivity index (χ3n) is 1.43. The van der Waals surface area contributed by atoms with E-state index in [9.17, 15) is 9.18 Å². The summed E-state index contributed by atoms with van der Waals surface area (Å²) in [5.74, 6) is -0.641. The zero-order valence-electron chi connectivity index (χ0n) is 6.80. The number of carbonyl (C=O) groups excluding carboxylic acids is 1. The van der Waals surface area contributed by atoms with Crippen molar-refractivity contribution in [2.45, 2.75) is 0 Å². The van der Waals surface area contributed by atoms with Gasteiger partial charge >= 0.3 is 0 Å². The summed E-state index contributed by atoms with van der Waals surface area (Å²) < 4.78 is 17.8. The number of hydrogen-bond acceptors (Lipinski definition) is 2. The van der Waals surface area contributed by atoms with E-state index in [1.165, 1.54) is 13.2 Å². The van der Waals surface area contributed by atoms with E-state index in [1.54, 1.807) is 0 Å². The predicted molar refractivity (Wildman–Crippen MR) is 47.6 cm³/mol. The zero-order valence-corrected chi connectivity index (χ0v) is 7.56. The highest BCUT2D eigenvalue weighted by atomic mass is 35.5. The van der Waals surface area contributed by atoms with E-state index >= 15 is 0 Å². The molecule has 0 atom stereocenters. The fourth-order valence-electron chi connectivity index (χ4n) is 0.906. The molecule has 3 nitrogen and oxygen atoms in total. The SMILES string of the molecule is COc1c(F)cc(NC=O)cc1Cl. The molecule has 0 aliphatic heterocycles. The minimum Gasteiger partial charge on any atom is -0.492 e. The molecule has 0 unspecified atom stereocenters. The molecule has 13 heavy (non-hydrogen) atoms. The van der Waals surface area contributed by atoms with Gasteiger partial charge in [0.25, 0.3) is 0 Å². The maximum Gasteiger partial charge on any atom is 0.211 e. The van der Waals surface area contributed by atoms with Gasteiger partial charge < -0.3 is 10.1 Å². The molecule has 0 aliphatic carbocycles. The molecule has 0 radical (unpaired) electrons. The standard InChI is InChI=1S/C8H7ClFNO2/c1-13-8-6(9)2-5(11-4-12)3-7(8)10/h2-4H,1H3,(H,11,12). The fraction of sp³-hybridized carbons (Fsp3) is 0.125. The lowest BCUT2D eigenvalue weighted by atomic mass is 10.3. The number of rotatable bonds is 3. The molecular formula is C8H7ClFNO2. The molecular weight excluding hydrogens is 197 g/mol. The van der Waals surface area contributed by atoms with E-state index in [1.807, 2.05) is 0 Å². The monoisotopic (exact) mass is 203 g/mol. The Morgan fingerprint density at radius 1 is 1.62 bits per heavy atom. The molecule has 1 N–H and O–H groups in total. The van der Waals surface area contributed by atoms with Crippen molar-refractivity contribution in [3.8, 4) is 5.75 Å². The van der Waals surface area contributed by atoms with E-state index in [0.29, 0.717) is 12.1 Å². The minimum atomic E-state index is -0.612. The molecule has 1 aromatic rings. The number of anilines is 1. The third-order valence-corrected chi connectivity index (χ3v) is 1.71. The van der Waals surface area contributed by atoms with E-state index in [4.69, 9.17) is 11.6 Å². The number of benzene rings is 1. The Balaban J connectivity index is 3.12. The van der Waals surface area contributed by atoms with E-state index in [0.717, 1.165) is 6.07 Å². The van der Waals surface area contributed by atoms with Gasteiger partial charge in [-0.05, 0) is 6.07 Å². The Morgan fingerprint density at radius 2 is 2.31 bits per heavy atom. The summed E-state index contributed by atoms with van der Waals surface area (Å²) in [6, 6.07) is 2.52. The molecule has 5 heteroatoms. The normalized spacial score (nSPS) is 9.46. The van der Waals surface area contributed by atoms with Crippen LogP contribution in [0.25, 0.3) is 0 Å². The van der Waals surface area contributed by atoms with Crippen molar-refractivity contribution in [3.05, 3.63) is 23.0 Å². The third kappa shape index (κ3) is 2.09. The summed E-state index contributed by atoms with van der Waals surface area (Å²) >= 11 is 5.65. The summed E-state index contributed by atoms with van der Waals surface area (Å²) in [4.78, 5) is 10.0. The number of amides is 1. The van der Waals surface area contributed by atoms with Gasteiger partial charge in [0.05, 0.1) is 12.1 Å². The first-order chi connectivity index (χ1) is 6.19. The van der Waals surface area contributed by atoms with Crippen LogP contribution in [0.5, 0.6) is 5.75 Å². The quantitative estimate of drug-likeness (QED) is 0.764. The summed E-state index contributed by atoms with van der Waals surface area (Å²) in [5.41, 5.74) is 0.290. The predicted octanol–water partition coefficient (Wildman–Crippen LogP) is 2.06. The van der Waals surface area contributed by atoms with Crippen molar-refractivity contribution >= 4 is 23.7 Å². The van der Waals surface area contributed by atoms with Crippen LogP contribution >= 0.6 is 11.6 Å². The highest BCUT2D eigenvalue weighted by molar-refractivity contribution is 6.32. The average molecular weight is 204 g/mol. The lowest BCUT2D eigenvalue weighted by Gasteiger charge is -2.06. The van der Waals surface area contributed by atoms with Crippen LogP contribution in [0.3, 0.4) is 0 Å². The molecule has 0 saturated heterocycles. The van der Waals surface area contributed by atoms with E-state index in [2.05, 4.69) is 10.1 Å². The van der Waals surface area contributed by atoms with Gasteiger partial charge in [-0.2, -0.15) is 0 Å². The Kier molecular flexibility index (Phi) is 3.08. The van der Waals surface area contributed by atoms with Gasteiger partial charge in [0.15, 0.2) is 11.6 Å². The maximum atomic E-state index is 13.1. The van der Waals surface area contributed by atoms with Gasteiger partial charge in [-0.1, -0.05) is 11.6 Å². The Labute approximate surface area is 79.5 Å². The first kappa shape index (κ1) is 9.80. The van der Waals surface area contributed by atoms with Crippen LogP contribution in [-0.4, -0.2) is 13.5 Å². The molecule has 0 aliphatic rings. The lowest BCUT2D eigenvalue weighted by Crippen LogP contribution is -1.96. The summed E-state index contributed by atoms with van der Waals surface area (Å²) in [7, 11) is 1.32. The second-order valence-corrected chi connectivity index (χ2v) is 2.64. The van der Waals surface area contributed by atoms with Gasteiger partial charge in [-0.15, -0.1) is 0 Å². The van der Waals surface area contributed by atoms with Gasteiger partial charge in [0.2, 0.25) is 6.41 Å². The number of halogens is 2. The molecule has 0 spiro atoms. The summed E-state index contributed by atoms with van der Waals surface area (Å²) in [6.45, 7) is 0. The molecule has 0 saturated carbocycles. The molecule has 1 rings (SSSR count). The maximum absolute atomic E-state index is 13.1. The number of methoxy groups -OCH3 is 1. The van der Waals surface area contributed by atoms with Crippen molar-refractivity contribution < 1.29 is 13.9 Å². The van der Waals surface area contributed by atoms with Crippen LogP contribution in [-0.2, 0) is 4.79 Å². The van der Waals surface area contributed by atoms with Crippen molar-refractivity contribution in [2.75, 3.05) is 12.4 Å². The van der Waals surface area contributed by atoms with Crippen LogP contribution < -0.4 is 10.1 Å². The van der Waals surface area contributed by atoms with Crippen LogP contribution in [0, 0.1) is 5.82 Å². The van der Waals surface area contributed by atoms with E-state index < -0.39 is 5.82 Å². The largest absolute Gasteiger partial charge is 0.492 e. The van der Waals surface area contributed by atoms with Crippen LogP contribution in [0.1, 0.15) is 0 Å². The van der Waals surface area contributed by atoms with Crippen molar-refractivity contribution in [3.63, 3.8) is 0 Å². The lowest BCUT2D eigenvalue weighted by molar-refractivity contribution is -0.105. The van der Waals surface area contributed by atoms with Crippen LogP contribution in [0.4, 0.5) is 10.1 Å². The highest BCUT2D eigenvalue weighted by Gasteiger charge is 2.09. The molecule has 0 aromatic heterocycles. The Hall–Kier alpha value is -1.29. The fourth-order valence-corrected chi connectivity index (χ4v) is 1.19. The number of carbonyl (C=O) groups is 1. The van der Waals surface area contributed by atoms with E-state index in [-0.39, 0.29) is 10.8 Å². The second-order valence-electron chi connectivity index (χ2n) is 2.24. The molecule has 0 heterocycles. The van der Waals surface area contributed by atoms with Crippen molar-refractivity contribution in [2.24, 2.45) is 0 Å². The number of hydrogen-bond donors (Lipinski definition) is 1. The van der Waals surface area contributed by atoms with Crippen molar-refractivity contribution in [1.82, 2.24) is 0 Å². The topological polar surface area (TPSA) is 38.3 Å². The van der Waals surface area contributed by atoms with Gasteiger partial charge in [0.1, 0.15) is 0 Å². The average Bonchev–Trinajstić information content (AvgIpc) is 2.04. The zero-order chi connectivity index (χ0) is 9.84. The van der Waals surface area contributed by atoms with Crippen LogP contribution in [0.2, 0.25) is 5.02 Å². The molecule has 0 fully saturated rings. The summed E-state index contributed by atoms with van der Waals surface area (Å²) in [6.07, 6.45) is 0.442. The number of ether oxygens (including phenoxy) is 1. The molecule has 1 aromatic carbocycles. The highest BCUT2D eigenvalue weighted by Crippen LogP contribution is 2.30. The van der Waals surface area contributed by atoms with Gasteiger partial charge in [0, 0.05) is 11.8 Å². The molecule has 1 amide bonds. The molecule has 0 bridgehead atoms. The second kappa shape index (κ2) is 4.09. The first-order valence-corrected chi connectivity index (χ1v) is 3.80. The van der Waals surface area contributed by atoms with Gasteiger partial charge in [-0.25, -0.2) is 4.39 Å². The van der Waals surface area contributed by atoms with Crippen LogP contribution in [0.15, 0.2) is 12.1 Å². The summed E-state index contributed by atoms with van der Waals surface area (Å²) in [5, 5.41) is 2.40. The smallest absolute Gasteiger partial charge is 0.211 e. The number of nitrogens with one attached hydrogen (secondary N) is 1. The molecule has 70 valence electrons. The Bertz CT molecular complexity index is 307. The minimum absolute atomic E-state index is 0.0295. The Morgan fingerprint density at radius 3 is 2.77 bits per heavy atom. The van der Waals surface area contributed by atoms with Gasteiger partial charge in [-0.3, -0.25) is 4.79 Å². The first-order valence-electron chi connectivity index (χ1n) is 3.42.